The normalized spacial score (nSPS) is 16.8. The van der Waals surface area contributed by atoms with E-state index in [0.29, 0.717) is 5.56 Å². The first kappa shape index (κ1) is 22.0. The molecule has 1 saturated carbocycles. The molecule has 2 amide bonds. The van der Waals surface area contributed by atoms with Crippen molar-refractivity contribution in [3.8, 4) is 0 Å². The Kier molecular flexibility index (Phi) is 6.31. The van der Waals surface area contributed by atoms with Gasteiger partial charge in [-0.15, -0.1) is 0 Å². The highest BCUT2D eigenvalue weighted by Gasteiger charge is 2.43. The Hall–Kier alpha value is -2.25. The molecule has 156 valence electrons. The lowest BCUT2D eigenvalue weighted by molar-refractivity contribution is -0.137. The predicted octanol–water partition coefficient (Wildman–Crippen LogP) is 4.06. The van der Waals surface area contributed by atoms with Crippen LogP contribution in [0.25, 0.3) is 0 Å². The van der Waals surface area contributed by atoms with Gasteiger partial charge in [0, 0.05) is 6.54 Å². The van der Waals surface area contributed by atoms with E-state index in [0.717, 1.165) is 25.0 Å². The first-order valence-electron chi connectivity index (χ1n) is 9.22. The smallest absolute Gasteiger partial charge is 0.416 e. The quantitative estimate of drug-likeness (QED) is 0.757. The summed E-state index contributed by atoms with van der Waals surface area (Å²) < 4.78 is 43.1. The van der Waals surface area contributed by atoms with Crippen molar-refractivity contribution >= 4 is 12.0 Å². The van der Waals surface area contributed by atoms with Crippen LogP contribution in [0.1, 0.15) is 51.7 Å². The van der Waals surface area contributed by atoms with Crippen LogP contribution in [-0.4, -0.2) is 29.7 Å². The lowest BCUT2D eigenvalue weighted by atomic mass is 9.95. The number of carbonyl (C=O) groups is 2. The molecule has 1 fully saturated rings. The van der Waals surface area contributed by atoms with Crippen molar-refractivity contribution in [3.05, 3.63) is 35.4 Å². The average Bonchev–Trinajstić information content (AvgIpc) is 3.36. The van der Waals surface area contributed by atoms with Crippen LogP contribution < -0.4 is 10.6 Å². The largest absolute Gasteiger partial charge is 0.444 e. The van der Waals surface area contributed by atoms with Crippen LogP contribution in [0.2, 0.25) is 0 Å². The molecule has 0 saturated heterocycles. The Labute approximate surface area is 163 Å². The van der Waals surface area contributed by atoms with E-state index in [1.807, 2.05) is 6.92 Å². The maximum absolute atomic E-state index is 12.6. The van der Waals surface area contributed by atoms with Gasteiger partial charge in [-0.1, -0.05) is 12.1 Å². The highest BCUT2D eigenvalue weighted by atomic mass is 19.4. The summed E-state index contributed by atoms with van der Waals surface area (Å²) in [6, 6.07) is 4.53. The summed E-state index contributed by atoms with van der Waals surface area (Å²) in [5.74, 6) is -0.0702. The molecule has 0 heterocycles. The number of ether oxygens (including phenoxy) is 1. The van der Waals surface area contributed by atoms with Crippen LogP contribution >= 0.6 is 0 Å². The van der Waals surface area contributed by atoms with E-state index in [1.165, 1.54) is 12.1 Å². The van der Waals surface area contributed by atoms with E-state index in [1.54, 1.807) is 20.8 Å². The third kappa shape index (κ3) is 6.73. The number of carbonyl (C=O) groups excluding carboxylic acids is 2. The van der Waals surface area contributed by atoms with Crippen molar-refractivity contribution < 1.29 is 27.5 Å². The fourth-order valence-corrected chi connectivity index (χ4v) is 2.94. The first-order valence-corrected chi connectivity index (χ1v) is 9.22. The van der Waals surface area contributed by atoms with Crippen molar-refractivity contribution in [1.82, 2.24) is 10.6 Å². The Morgan fingerprint density at radius 2 is 1.64 bits per heavy atom. The zero-order valence-corrected chi connectivity index (χ0v) is 16.6. The minimum Gasteiger partial charge on any atom is -0.444 e. The lowest BCUT2D eigenvalue weighted by Crippen LogP contribution is -2.56. The molecule has 1 aliphatic carbocycles. The topological polar surface area (TPSA) is 67.4 Å². The van der Waals surface area contributed by atoms with Crippen molar-refractivity contribution in [2.24, 2.45) is 5.92 Å². The molecule has 0 bridgehead atoms. The molecule has 0 spiro atoms. The first-order chi connectivity index (χ1) is 12.8. The molecular weight excluding hydrogens is 373 g/mol. The Bertz CT molecular complexity index is 707. The van der Waals surface area contributed by atoms with E-state index >= 15 is 0 Å². The van der Waals surface area contributed by atoms with Gasteiger partial charge in [-0.2, -0.15) is 13.2 Å². The second-order valence-corrected chi connectivity index (χ2v) is 8.47. The minimum absolute atomic E-state index is 0.0348. The second kappa shape index (κ2) is 8.01. The number of nitrogens with one attached hydrogen (secondary N) is 2. The molecule has 0 radical (unpaired) electrons. The molecule has 1 unspecified atom stereocenters. The second-order valence-electron chi connectivity index (χ2n) is 8.47. The Balaban J connectivity index is 1.94. The van der Waals surface area contributed by atoms with E-state index in [9.17, 15) is 22.8 Å². The number of alkyl carbamates (subject to hydrolysis) is 1. The number of benzene rings is 1. The number of rotatable bonds is 6. The molecule has 28 heavy (non-hydrogen) atoms. The molecule has 2 rings (SSSR count). The van der Waals surface area contributed by atoms with Gasteiger partial charge in [-0.3, -0.25) is 4.79 Å². The lowest BCUT2D eigenvalue weighted by Gasteiger charge is -2.32. The van der Waals surface area contributed by atoms with Gasteiger partial charge in [0.05, 0.1) is 17.5 Å². The fraction of sp³-hybridized carbons (Fsp3) is 0.600. The van der Waals surface area contributed by atoms with Gasteiger partial charge in [-0.05, 0) is 64.2 Å². The molecule has 0 aliphatic heterocycles. The molecule has 2 N–H and O–H groups in total. The summed E-state index contributed by atoms with van der Waals surface area (Å²) in [5, 5.41) is 5.63. The summed E-state index contributed by atoms with van der Waals surface area (Å²) in [4.78, 5) is 24.3. The monoisotopic (exact) mass is 400 g/mol. The van der Waals surface area contributed by atoms with Crippen molar-refractivity contribution in [1.29, 1.82) is 0 Å². The van der Waals surface area contributed by atoms with Gasteiger partial charge in [0.1, 0.15) is 5.60 Å². The van der Waals surface area contributed by atoms with Gasteiger partial charge in [0.2, 0.25) is 5.91 Å². The zero-order valence-electron chi connectivity index (χ0n) is 16.6. The number of amides is 2. The highest BCUT2D eigenvalue weighted by Crippen LogP contribution is 2.39. The fourth-order valence-electron chi connectivity index (χ4n) is 2.94. The summed E-state index contributed by atoms with van der Waals surface area (Å²) in [7, 11) is 0. The van der Waals surface area contributed by atoms with E-state index in [4.69, 9.17) is 4.74 Å². The van der Waals surface area contributed by atoms with Crippen molar-refractivity contribution in [2.75, 3.05) is 6.54 Å². The van der Waals surface area contributed by atoms with Gasteiger partial charge in [0.25, 0.3) is 0 Å². The molecule has 5 nitrogen and oxygen atoms in total. The molecule has 1 aliphatic rings. The molecule has 0 aromatic heterocycles. The molecule has 1 aromatic carbocycles. The van der Waals surface area contributed by atoms with Gasteiger partial charge < -0.3 is 15.4 Å². The Morgan fingerprint density at radius 1 is 1.07 bits per heavy atom. The predicted molar refractivity (Wildman–Crippen MR) is 98.7 cm³/mol. The third-order valence-electron chi connectivity index (χ3n) is 4.55. The molecule has 1 aromatic rings. The third-order valence-corrected chi connectivity index (χ3v) is 4.55. The van der Waals surface area contributed by atoms with Crippen molar-refractivity contribution in [3.63, 3.8) is 0 Å². The van der Waals surface area contributed by atoms with Crippen LogP contribution in [-0.2, 0) is 22.1 Å². The van der Waals surface area contributed by atoms with Gasteiger partial charge in [-0.25, -0.2) is 4.79 Å². The van der Waals surface area contributed by atoms with E-state index in [2.05, 4.69) is 10.6 Å². The van der Waals surface area contributed by atoms with Crippen molar-refractivity contribution in [2.45, 2.75) is 64.3 Å². The SMILES string of the molecule is CC(C)(C)OC(=O)NCC(C)(NC(=O)Cc1ccc(C(F)(F)F)cc1)C1CC1. The number of hydrogen-bond acceptors (Lipinski definition) is 3. The molecular formula is C20H27F3N2O3. The summed E-state index contributed by atoms with van der Waals surface area (Å²) in [5.41, 5.74) is -1.52. The van der Waals surface area contributed by atoms with Crippen LogP contribution in [0, 0.1) is 5.92 Å². The summed E-state index contributed by atoms with van der Waals surface area (Å²) in [6.07, 6.45) is -3.12. The summed E-state index contributed by atoms with van der Waals surface area (Å²) >= 11 is 0. The maximum atomic E-state index is 12.6. The van der Waals surface area contributed by atoms with Gasteiger partial charge >= 0.3 is 12.3 Å². The highest BCUT2D eigenvalue weighted by molar-refractivity contribution is 5.79. The Morgan fingerprint density at radius 3 is 2.11 bits per heavy atom. The number of alkyl halides is 3. The van der Waals surface area contributed by atoms with Crippen LogP contribution in [0.5, 0.6) is 0 Å². The minimum atomic E-state index is -4.40. The number of hydrogen-bond donors (Lipinski definition) is 2. The average molecular weight is 400 g/mol. The standard InChI is InChI=1S/C20H27F3N2O3/c1-18(2,3)28-17(27)24-12-19(4,14-9-10-14)25-16(26)11-13-5-7-15(8-6-13)20(21,22)23/h5-8,14H,9-12H2,1-4H3,(H,24,27)(H,25,26). The van der Waals surface area contributed by atoms with Crippen LogP contribution in [0.15, 0.2) is 24.3 Å². The van der Waals surface area contributed by atoms with Crippen LogP contribution in [0.4, 0.5) is 18.0 Å². The summed E-state index contributed by atoms with van der Waals surface area (Å²) in [6.45, 7) is 7.35. The molecule has 1 atom stereocenters. The van der Waals surface area contributed by atoms with Gasteiger partial charge in [0.15, 0.2) is 0 Å². The number of halogens is 3. The van der Waals surface area contributed by atoms with Crippen LogP contribution in [0.3, 0.4) is 0 Å². The van der Waals surface area contributed by atoms with E-state index < -0.39 is 29.0 Å². The maximum Gasteiger partial charge on any atom is 0.416 e. The van der Waals surface area contributed by atoms with E-state index in [-0.39, 0.29) is 24.8 Å². The zero-order chi connectivity index (χ0) is 21.2. The molecule has 8 heteroatoms.